The van der Waals surface area contributed by atoms with Crippen molar-refractivity contribution in [3.05, 3.63) is 40.9 Å². The average molecular weight is 240 g/mol. The second kappa shape index (κ2) is 5.32. The van der Waals surface area contributed by atoms with E-state index in [0.29, 0.717) is 10.7 Å². The topological polar surface area (TPSA) is 66.4 Å². The van der Waals surface area contributed by atoms with Crippen LogP contribution in [0.5, 0.6) is 0 Å². The smallest absolute Gasteiger partial charge is 0.328 e. The number of para-hydroxylation sites is 1. The van der Waals surface area contributed by atoms with Gasteiger partial charge in [0.2, 0.25) is 0 Å². The minimum absolute atomic E-state index is 0.104. The summed E-state index contributed by atoms with van der Waals surface area (Å²) in [6.45, 7) is 1.42. The molecule has 0 fully saturated rings. The maximum Gasteiger partial charge on any atom is 0.328 e. The van der Waals surface area contributed by atoms with Crippen LogP contribution in [0.1, 0.15) is 6.92 Å². The summed E-state index contributed by atoms with van der Waals surface area (Å²) < 4.78 is 0. The van der Waals surface area contributed by atoms with Gasteiger partial charge < -0.3 is 10.4 Å². The lowest BCUT2D eigenvalue weighted by atomic mass is 10.2. The number of nitrogens with one attached hydrogen (secondary N) is 1. The van der Waals surface area contributed by atoms with Crippen LogP contribution >= 0.6 is 11.6 Å². The molecule has 0 heterocycles. The number of aliphatic carboxylic acids is 1. The molecule has 0 atom stereocenters. The first-order valence-electron chi connectivity index (χ1n) is 4.48. The lowest BCUT2D eigenvalue weighted by Gasteiger charge is -2.06. The second-order valence-electron chi connectivity index (χ2n) is 3.10. The summed E-state index contributed by atoms with van der Waals surface area (Å²) in [5, 5.41) is 11.4. The van der Waals surface area contributed by atoms with Crippen LogP contribution in [0.3, 0.4) is 0 Å². The Morgan fingerprint density at radius 2 is 2.00 bits per heavy atom. The molecule has 84 valence electrons. The molecule has 16 heavy (non-hydrogen) atoms. The fraction of sp³-hybridized carbons (Fsp3) is 0.0909. The van der Waals surface area contributed by atoms with Gasteiger partial charge >= 0.3 is 5.97 Å². The second-order valence-corrected chi connectivity index (χ2v) is 3.51. The van der Waals surface area contributed by atoms with Crippen molar-refractivity contribution >= 4 is 29.2 Å². The molecule has 0 spiro atoms. The van der Waals surface area contributed by atoms with Crippen LogP contribution in [-0.4, -0.2) is 17.0 Å². The third-order valence-corrected chi connectivity index (χ3v) is 2.15. The first-order valence-corrected chi connectivity index (χ1v) is 4.85. The van der Waals surface area contributed by atoms with Gasteiger partial charge in [-0.2, -0.15) is 0 Å². The molecule has 1 aromatic carbocycles. The highest BCUT2D eigenvalue weighted by molar-refractivity contribution is 6.33. The molecule has 1 amide bonds. The number of carboxylic acid groups (broad SMARTS) is 1. The number of carbonyl (C=O) groups excluding carboxylic acids is 1. The normalized spacial score (nSPS) is 11.0. The molecular weight excluding hydrogens is 230 g/mol. The lowest BCUT2D eigenvalue weighted by Crippen LogP contribution is -2.13. The Hall–Kier alpha value is -1.81. The molecular formula is C11H10ClNO3. The third-order valence-electron chi connectivity index (χ3n) is 1.82. The largest absolute Gasteiger partial charge is 0.478 e. The van der Waals surface area contributed by atoms with Gasteiger partial charge in [-0.15, -0.1) is 0 Å². The summed E-state index contributed by atoms with van der Waals surface area (Å²) in [5.41, 5.74) is 0.555. The summed E-state index contributed by atoms with van der Waals surface area (Å²) in [7, 11) is 0. The highest BCUT2D eigenvalue weighted by Crippen LogP contribution is 2.20. The Labute approximate surface area is 97.5 Å². The summed E-state index contributed by atoms with van der Waals surface area (Å²) in [5.74, 6) is -1.65. The molecule has 0 aliphatic heterocycles. The van der Waals surface area contributed by atoms with Crippen molar-refractivity contribution in [3.8, 4) is 0 Å². The summed E-state index contributed by atoms with van der Waals surface area (Å²) >= 11 is 5.83. The van der Waals surface area contributed by atoms with Crippen molar-refractivity contribution < 1.29 is 14.7 Å². The van der Waals surface area contributed by atoms with E-state index >= 15 is 0 Å². The monoisotopic (exact) mass is 239 g/mol. The fourth-order valence-electron chi connectivity index (χ4n) is 1.03. The van der Waals surface area contributed by atoms with E-state index in [4.69, 9.17) is 16.7 Å². The molecule has 0 radical (unpaired) electrons. The molecule has 0 bridgehead atoms. The number of rotatable bonds is 3. The number of hydrogen-bond donors (Lipinski definition) is 2. The molecule has 4 nitrogen and oxygen atoms in total. The zero-order valence-electron chi connectivity index (χ0n) is 8.53. The zero-order valence-corrected chi connectivity index (χ0v) is 9.28. The number of anilines is 1. The number of carbonyl (C=O) groups is 2. The number of amides is 1. The number of carboxylic acids is 1. The number of hydrogen-bond acceptors (Lipinski definition) is 2. The van der Waals surface area contributed by atoms with E-state index in [2.05, 4.69) is 5.32 Å². The average Bonchev–Trinajstić information content (AvgIpc) is 2.20. The van der Waals surface area contributed by atoms with Crippen LogP contribution in [0.4, 0.5) is 5.69 Å². The Morgan fingerprint density at radius 1 is 1.38 bits per heavy atom. The van der Waals surface area contributed by atoms with E-state index in [1.807, 2.05) is 0 Å². The molecule has 0 aliphatic rings. The molecule has 2 N–H and O–H groups in total. The van der Waals surface area contributed by atoms with Crippen molar-refractivity contribution in [2.24, 2.45) is 0 Å². The maximum absolute atomic E-state index is 11.5. The van der Waals surface area contributed by atoms with Crippen molar-refractivity contribution in [1.82, 2.24) is 0 Å². The van der Waals surface area contributed by atoms with Gasteiger partial charge in [0.15, 0.2) is 0 Å². The molecule has 0 aliphatic carbocycles. The van der Waals surface area contributed by atoms with Gasteiger partial charge in [0, 0.05) is 11.6 Å². The number of benzene rings is 1. The quantitative estimate of drug-likeness (QED) is 0.796. The predicted octanol–water partition coefficient (Wildman–Crippen LogP) is 2.31. The van der Waals surface area contributed by atoms with Crippen LogP contribution in [0.2, 0.25) is 5.02 Å². The Kier molecular flexibility index (Phi) is 4.08. The summed E-state index contributed by atoms with van der Waals surface area (Å²) in [4.78, 5) is 21.8. The molecule has 1 rings (SSSR count). The maximum atomic E-state index is 11.5. The summed E-state index contributed by atoms with van der Waals surface area (Å²) in [6.07, 6.45) is 0.839. The minimum Gasteiger partial charge on any atom is -0.478 e. The van der Waals surface area contributed by atoms with Crippen LogP contribution in [0.25, 0.3) is 0 Å². The van der Waals surface area contributed by atoms with E-state index in [1.54, 1.807) is 24.3 Å². The van der Waals surface area contributed by atoms with Gasteiger partial charge in [0.25, 0.3) is 5.91 Å². The highest BCUT2D eigenvalue weighted by Gasteiger charge is 2.08. The van der Waals surface area contributed by atoms with Crippen LogP contribution < -0.4 is 5.32 Å². The van der Waals surface area contributed by atoms with Gasteiger partial charge in [0.05, 0.1) is 10.7 Å². The van der Waals surface area contributed by atoms with Crippen molar-refractivity contribution in [1.29, 1.82) is 0 Å². The lowest BCUT2D eigenvalue weighted by molar-refractivity contribution is -0.131. The Morgan fingerprint density at radius 3 is 2.56 bits per heavy atom. The van der Waals surface area contributed by atoms with Gasteiger partial charge in [-0.05, 0) is 19.1 Å². The first kappa shape index (κ1) is 12.3. The van der Waals surface area contributed by atoms with E-state index in [-0.39, 0.29) is 5.57 Å². The predicted molar refractivity (Wildman–Crippen MR) is 61.5 cm³/mol. The van der Waals surface area contributed by atoms with Gasteiger partial charge in [0.1, 0.15) is 0 Å². The molecule has 5 heteroatoms. The highest BCUT2D eigenvalue weighted by atomic mass is 35.5. The van der Waals surface area contributed by atoms with Crippen molar-refractivity contribution in [2.45, 2.75) is 6.92 Å². The minimum atomic E-state index is -1.16. The Balaban J connectivity index is 2.80. The zero-order chi connectivity index (χ0) is 12.1. The van der Waals surface area contributed by atoms with Gasteiger partial charge in [-0.3, -0.25) is 4.79 Å². The molecule has 0 saturated carbocycles. The van der Waals surface area contributed by atoms with Crippen LogP contribution in [-0.2, 0) is 9.59 Å². The molecule has 0 aromatic heterocycles. The van der Waals surface area contributed by atoms with Crippen molar-refractivity contribution in [3.63, 3.8) is 0 Å². The van der Waals surface area contributed by atoms with Gasteiger partial charge in [-0.25, -0.2) is 4.79 Å². The van der Waals surface area contributed by atoms with E-state index in [0.717, 1.165) is 6.08 Å². The van der Waals surface area contributed by atoms with E-state index in [1.165, 1.54) is 6.92 Å². The standard InChI is InChI=1S/C11H10ClNO3/c1-7(6-10(14)15)11(16)13-9-5-3-2-4-8(9)12/h2-6H,1H3,(H,13,16)(H,14,15). The SMILES string of the molecule is CC(=CC(=O)O)C(=O)Nc1ccccc1Cl. The Bertz CT molecular complexity index is 454. The first-order chi connectivity index (χ1) is 7.50. The van der Waals surface area contributed by atoms with Crippen molar-refractivity contribution in [2.75, 3.05) is 5.32 Å². The summed E-state index contributed by atoms with van der Waals surface area (Å²) in [6, 6.07) is 6.72. The molecule has 0 unspecified atom stereocenters. The number of halogens is 1. The molecule has 1 aromatic rings. The third kappa shape index (κ3) is 3.40. The molecule has 0 saturated heterocycles. The van der Waals surface area contributed by atoms with Crippen LogP contribution in [0, 0.1) is 0 Å². The van der Waals surface area contributed by atoms with E-state index < -0.39 is 11.9 Å². The van der Waals surface area contributed by atoms with Gasteiger partial charge in [-0.1, -0.05) is 23.7 Å². The van der Waals surface area contributed by atoms with E-state index in [9.17, 15) is 9.59 Å². The van der Waals surface area contributed by atoms with Crippen LogP contribution in [0.15, 0.2) is 35.9 Å². The fourth-order valence-corrected chi connectivity index (χ4v) is 1.22.